The number of carbonyl (C=O) groups is 1. The molecule has 168 valence electrons. The summed E-state index contributed by atoms with van der Waals surface area (Å²) in [5, 5.41) is 0. The molecule has 6 nitrogen and oxygen atoms in total. The van der Waals surface area contributed by atoms with Crippen LogP contribution in [0, 0.1) is 13.8 Å². The number of aryl methyl sites for hydroxylation is 2. The van der Waals surface area contributed by atoms with Gasteiger partial charge in [0, 0.05) is 25.7 Å². The maximum atomic E-state index is 13.0. The Morgan fingerprint density at radius 2 is 1.65 bits per heavy atom. The highest BCUT2D eigenvalue weighted by Gasteiger charge is 2.26. The molecule has 2 aromatic rings. The second kappa shape index (κ2) is 10.3. The van der Waals surface area contributed by atoms with Crippen molar-refractivity contribution in [3.05, 3.63) is 59.2 Å². The summed E-state index contributed by atoms with van der Waals surface area (Å²) in [6.07, 6.45) is 3.86. The molecule has 7 heteroatoms. The van der Waals surface area contributed by atoms with Crippen LogP contribution in [-0.4, -0.2) is 56.8 Å². The molecule has 1 aliphatic rings. The third-order valence-electron chi connectivity index (χ3n) is 5.52. The van der Waals surface area contributed by atoms with Crippen LogP contribution in [0.3, 0.4) is 0 Å². The van der Waals surface area contributed by atoms with Gasteiger partial charge in [-0.3, -0.25) is 4.79 Å². The molecule has 0 bridgehead atoms. The van der Waals surface area contributed by atoms with Crippen molar-refractivity contribution < 1.29 is 17.9 Å². The van der Waals surface area contributed by atoms with Gasteiger partial charge in [0.05, 0.1) is 11.4 Å². The lowest BCUT2D eigenvalue weighted by Crippen LogP contribution is -2.33. The molecule has 0 spiro atoms. The molecule has 0 aliphatic carbocycles. The molecule has 1 aliphatic heterocycles. The van der Waals surface area contributed by atoms with E-state index < -0.39 is 10.0 Å². The summed E-state index contributed by atoms with van der Waals surface area (Å²) in [7, 11) is -1.89. The number of carbonyl (C=O) groups excluding carboxylic acids is 1. The minimum Gasteiger partial charge on any atom is -0.492 e. The van der Waals surface area contributed by atoms with E-state index in [1.54, 1.807) is 34.5 Å². The standard InChI is InChI=1S/C24H32N2O4S/c1-19-15-20(2)17-22(16-19)30-14-13-25(3)24(27)21-9-8-10-23(18-21)31(28,29)26-11-6-4-5-7-12-26/h8-10,15-18H,4-7,11-14H2,1-3H3. The fraction of sp³-hybridized carbons (Fsp3) is 0.458. The highest BCUT2D eigenvalue weighted by atomic mass is 32.2. The lowest BCUT2D eigenvalue weighted by atomic mass is 10.1. The summed E-state index contributed by atoms with van der Waals surface area (Å²) in [5.74, 6) is 0.556. The highest BCUT2D eigenvalue weighted by Crippen LogP contribution is 2.22. The van der Waals surface area contributed by atoms with Crippen molar-refractivity contribution in [1.29, 1.82) is 0 Å². The summed E-state index contributed by atoms with van der Waals surface area (Å²) in [5.41, 5.74) is 2.62. The minimum atomic E-state index is -3.59. The Balaban J connectivity index is 1.64. The fourth-order valence-corrected chi connectivity index (χ4v) is 5.42. The first kappa shape index (κ1) is 23.3. The van der Waals surface area contributed by atoms with Gasteiger partial charge in [0.1, 0.15) is 12.4 Å². The van der Waals surface area contributed by atoms with Crippen molar-refractivity contribution in [3.63, 3.8) is 0 Å². The predicted molar refractivity (Wildman–Crippen MR) is 122 cm³/mol. The van der Waals surface area contributed by atoms with E-state index in [1.807, 2.05) is 26.0 Å². The quantitative estimate of drug-likeness (QED) is 0.647. The van der Waals surface area contributed by atoms with E-state index in [0.717, 1.165) is 42.6 Å². The number of rotatable bonds is 7. The average molecular weight is 445 g/mol. The Kier molecular flexibility index (Phi) is 7.73. The summed E-state index contributed by atoms with van der Waals surface area (Å²) < 4.78 is 33.4. The van der Waals surface area contributed by atoms with E-state index in [2.05, 4.69) is 6.07 Å². The predicted octanol–water partition coefficient (Wildman–Crippen LogP) is 4.02. The molecule has 0 aromatic heterocycles. The second-order valence-corrected chi connectivity index (χ2v) is 10.2. The first-order chi connectivity index (χ1) is 14.8. The zero-order chi connectivity index (χ0) is 22.4. The Morgan fingerprint density at radius 1 is 1.00 bits per heavy atom. The van der Waals surface area contributed by atoms with Gasteiger partial charge in [-0.05, 0) is 68.1 Å². The molecule has 3 rings (SSSR count). The Bertz CT molecular complexity index is 992. The van der Waals surface area contributed by atoms with Gasteiger partial charge in [-0.25, -0.2) is 8.42 Å². The van der Waals surface area contributed by atoms with Gasteiger partial charge in [-0.1, -0.05) is 25.0 Å². The van der Waals surface area contributed by atoms with Gasteiger partial charge < -0.3 is 9.64 Å². The SMILES string of the molecule is Cc1cc(C)cc(OCCN(C)C(=O)c2cccc(S(=O)(=O)N3CCCCCC3)c2)c1. The molecule has 0 saturated carbocycles. The van der Waals surface area contributed by atoms with Crippen LogP contribution in [0.5, 0.6) is 5.75 Å². The van der Waals surface area contributed by atoms with Gasteiger partial charge in [-0.2, -0.15) is 4.31 Å². The van der Waals surface area contributed by atoms with Gasteiger partial charge in [-0.15, -0.1) is 0 Å². The molecule has 0 atom stereocenters. The van der Waals surface area contributed by atoms with Crippen LogP contribution in [0.4, 0.5) is 0 Å². The molecule has 1 saturated heterocycles. The van der Waals surface area contributed by atoms with Crippen LogP contribution in [0.2, 0.25) is 0 Å². The minimum absolute atomic E-state index is 0.181. The first-order valence-corrected chi connectivity index (χ1v) is 12.3. The Hall–Kier alpha value is -2.38. The molecule has 31 heavy (non-hydrogen) atoms. The van der Waals surface area contributed by atoms with Crippen molar-refractivity contribution in [1.82, 2.24) is 9.21 Å². The van der Waals surface area contributed by atoms with Crippen molar-refractivity contribution in [2.75, 3.05) is 33.3 Å². The number of nitrogens with zero attached hydrogens (tertiary/aromatic N) is 2. The van der Waals surface area contributed by atoms with Crippen LogP contribution >= 0.6 is 0 Å². The van der Waals surface area contributed by atoms with Gasteiger partial charge >= 0.3 is 0 Å². The van der Waals surface area contributed by atoms with Gasteiger partial charge in [0.2, 0.25) is 10.0 Å². The van der Waals surface area contributed by atoms with Crippen molar-refractivity contribution >= 4 is 15.9 Å². The fourth-order valence-electron chi connectivity index (χ4n) is 3.86. The van der Waals surface area contributed by atoms with Crippen molar-refractivity contribution in [3.8, 4) is 5.75 Å². The monoisotopic (exact) mass is 444 g/mol. The molecular formula is C24H32N2O4S. The smallest absolute Gasteiger partial charge is 0.253 e. The van der Waals surface area contributed by atoms with Gasteiger partial charge in [0.25, 0.3) is 5.91 Å². The molecule has 1 fully saturated rings. The largest absolute Gasteiger partial charge is 0.492 e. The maximum absolute atomic E-state index is 13.0. The number of benzene rings is 2. The Morgan fingerprint density at radius 3 is 2.29 bits per heavy atom. The van der Waals surface area contributed by atoms with E-state index in [9.17, 15) is 13.2 Å². The second-order valence-electron chi connectivity index (χ2n) is 8.24. The molecule has 1 amide bonds. The third kappa shape index (κ3) is 6.08. The maximum Gasteiger partial charge on any atom is 0.253 e. The van der Waals surface area contributed by atoms with E-state index in [-0.39, 0.29) is 10.8 Å². The van der Waals surface area contributed by atoms with E-state index in [0.29, 0.717) is 31.8 Å². The van der Waals surface area contributed by atoms with Crippen molar-refractivity contribution in [2.24, 2.45) is 0 Å². The topological polar surface area (TPSA) is 66.9 Å². The Labute approximate surface area is 185 Å². The molecule has 1 heterocycles. The summed E-state index contributed by atoms with van der Waals surface area (Å²) in [4.78, 5) is 14.6. The number of sulfonamides is 1. The number of likely N-dealkylation sites (N-methyl/N-ethyl adjacent to an activating group) is 1. The average Bonchev–Trinajstić information content (AvgIpc) is 3.03. The van der Waals surface area contributed by atoms with Crippen LogP contribution in [-0.2, 0) is 10.0 Å². The number of hydrogen-bond acceptors (Lipinski definition) is 4. The summed E-state index contributed by atoms with van der Waals surface area (Å²) in [6, 6.07) is 12.4. The zero-order valence-electron chi connectivity index (χ0n) is 18.6. The molecule has 0 unspecified atom stereocenters. The number of amides is 1. The lowest BCUT2D eigenvalue weighted by molar-refractivity contribution is 0.0773. The van der Waals surface area contributed by atoms with Crippen LogP contribution < -0.4 is 4.74 Å². The van der Waals surface area contributed by atoms with E-state index in [4.69, 9.17) is 4.74 Å². The first-order valence-electron chi connectivity index (χ1n) is 10.8. The normalized spacial score (nSPS) is 15.3. The number of hydrogen-bond donors (Lipinski definition) is 0. The van der Waals surface area contributed by atoms with Crippen LogP contribution in [0.15, 0.2) is 47.4 Å². The van der Waals surface area contributed by atoms with E-state index >= 15 is 0 Å². The molecular weight excluding hydrogens is 412 g/mol. The van der Waals surface area contributed by atoms with Crippen LogP contribution in [0.25, 0.3) is 0 Å². The summed E-state index contributed by atoms with van der Waals surface area (Å²) >= 11 is 0. The number of ether oxygens (including phenoxy) is 1. The molecule has 2 aromatic carbocycles. The van der Waals surface area contributed by atoms with Crippen LogP contribution in [0.1, 0.15) is 47.2 Å². The van der Waals surface area contributed by atoms with E-state index in [1.165, 1.54) is 6.07 Å². The highest BCUT2D eigenvalue weighted by molar-refractivity contribution is 7.89. The lowest BCUT2D eigenvalue weighted by Gasteiger charge is -2.21. The van der Waals surface area contributed by atoms with Gasteiger partial charge in [0.15, 0.2) is 0 Å². The summed E-state index contributed by atoms with van der Waals surface area (Å²) in [6.45, 7) is 5.86. The third-order valence-corrected chi connectivity index (χ3v) is 7.42. The molecule has 0 N–H and O–H groups in total. The van der Waals surface area contributed by atoms with Crippen molar-refractivity contribution in [2.45, 2.75) is 44.4 Å². The molecule has 0 radical (unpaired) electrons. The zero-order valence-corrected chi connectivity index (χ0v) is 19.5.